The van der Waals surface area contributed by atoms with Crippen LogP contribution in [0.5, 0.6) is 5.75 Å². The van der Waals surface area contributed by atoms with Gasteiger partial charge < -0.3 is 15.8 Å². The third-order valence-electron chi connectivity index (χ3n) is 2.35. The van der Waals surface area contributed by atoms with E-state index in [0.29, 0.717) is 18.0 Å². The Morgan fingerprint density at radius 3 is 2.67 bits per heavy atom. The number of nitrogens with one attached hydrogen (secondary N) is 1. The maximum absolute atomic E-state index is 12.3. The predicted molar refractivity (Wildman–Crippen MR) is 94.4 cm³/mol. The fourth-order valence-corrected chi connectivity index (χ4v) is 1.83. The third-order valence-corrected chi connectivity index (χ3v) is 2.84. The summed E-state index contributed by atoms with van der Waals surface area (Å²) in [5.41, 5.74) is 6.23. The van der Waals surface area contributed by atoms with Crippen LogP contribution in [0.1, 0.15) is 19.4 Å². The summed E-state index contributed by atoms with van der Waals surface area (Å²) in [6.07, 6.45) is 0. The zero-order chi connectivity index (χ0) is 15.1. The molecule has 0 amide bonds. The lowest BCUT2D eigenvalue weighted by molar-refractivity contribution is -0.0504. The highest BCUT2D eigenvalue weighted by atomic mass is 127. The van der Waals surface area contributed by atoms with Gasteiger partial charge in [-0.25, -0.2) is 4.99 Å². The predicted octanol–water partition coefficient (Wildman–Crippen LogP) is 3.73. The first-order chi connectivity index (χ1) is 9.38. The van der Waals surface area contributed by atoms with Gasteiger partial charge in [0, 0.05) is 16.6 Å². The second-order valence-electron chi connectivity index (χ2n) is 4.61. The smallest absolute Gasteiger partial charge is 0.387 e. The summed E-state index contributed by atoms with van der Waals surface area (Å²) in [5, 5.41) is 2.95. The van der Waals surface area contributed by atoms with E-state index in [1.54, 1.807) is 12.1 Å². The minimum atomic E-state index is -2.87. The van der Waals surface area contributed by atoms with Crippen LogP contribution in [0.15, 0.2) is 27.7 Å². The van der Waals surface area contributed by atoms with Crippen molar-refractivity contribution in [2.75, 3.05) is 6.54 Å². The first-order valence-electron chi connectivity index (χ1n) is 6.15. The van der Waals surface area contributed by atoms with Gasteiger partial charge in [-0.3, -0.25) is 0 Å². The van der Waals surface area contributed by atoms with E-state index in [2.05, 4.69) is 31.0 Å². The van der Waals surface area contributed by atoms with E-state index in [9.17, 15) is 8.78 Å². The zero-order valence-corrected chi connectivity index (χ0v) is 15.7. The van der Waals surface area contributed by atoms with Crippen LogP contribution in [0.3, 0.4) is 0 Å². The van der Waals surface area contributed by atoms with E-state index in [-0.39, 0.29) is 42.2 Å². The van der Waals surface area contributed by atoms with Crippen molar-refractivity contribution in [2.45, 2.75) is 27.0 Å². The van der Waals surface area contributed by atoms with E-state index < -0.39 is 6.61 Å². The Balaban J connectivity index is 0.00000400. The Labute approximate surface area is 148 Å². The van der Waals surface area contributed by atoms with Crippen LogP contribution in [-0.4, -0.2) is 19.1 Å². The van der Waals surface area contributed by atoms with Gasteiger partial charge in [-0.15, -0.1) is 24.0 Å². The maximum Gasteiger partial charge on any atom is 0.387 e. The molecule has 0 heterocycles. The molecule has 8 heteroatoms. The van der Waals surface area contributed by atoms with E-state index in [1.807, 2.05) is 13.8 Å². The van der Waals surface area contributed by atoms with Crippen LogP contribution in [0, 0.1) is 5.92 Å². The minimum Gasteiger partial charge on any atom is -0.434 e. The van der Waals surface area contributed by atoms with E-state index >= 15 is 0 Å². The van der Waals surface area contributed by atoms with Gasteiger partial charge >= 0.3 is 6.61 Å². The van der Waals surface area contributed by atoms with Crippen molar-refractivity contribution in [3.8, 4) is 5.75 Å². The molecule has 0 saturated heterocycles. The Morgan fingerprint density at radius 1 is 1.43 bits per heavy atom. The fraction of sp³-hybridized carbons (Fsp3) is 0.462. The SMILES string of the molecule is CC(C)CNC(N)=NCc1cc(Br)ccc1OC(F)F.I. The topological polar surface area (TPSA) is 59.6 Å². The number of hydrogen-bond acceptors (Lipinski definition) is 2. The molecule has 0 aliphatic carbocycles. The van der Waals surface area contributed by atoms with Crippen LogP contribution < -0.4 is 15.8 Å². The van der Waals surface area contributed by atoms with Crippen molar-refractivity contribution in [2.24, 2.45) is 16.6 Å². The highest BCUT2D eigenvalue weighted by Crippen LogP contribution is 2.25. The molecule has 0 bridgehead atoms. The molecule has 21 heavy (non-hydrogen) atoms. The number of aliphatic imine (C=N–C) groups is 1. The molecule has 0 fully saturated rings. The molecule has 120 valence electrons. The molecule has 0 radical (unpaired) electrons. The van der Waals surface area contributed by atoms with Crippen LogP contribution in [0.25, 0.3) is 0 Å². The third kappa shape index (κ3) is 8.40. The first kappa shape index (κ1) is 20.4. The number of guanidine groups is 1. The van der Waals surface area contributed by atoms with Crippen molar-refractivity contribution in [1.29, 1.82) is 0 Å². The lowest BCUT2D eigenvalue weighted by Gasteiger charge is -2.11. The summed E-state index contributed by atoms with van der Waals surface area (Å²) in [7, 11) is 0. The fourth-order valence-electron chi connectivity index (χ4n) is 1.42. The Morgan fingerprint density at radius 2 is 2.10 bits per heavy atom. The number of alkyl halides is 2. The van der Waals surface area contributed by atoms with Gasteiger partial charge in [0.1, 0.15) is 5.75 Å². The number of nitrogens with zero attached hydrogens (tertiary/aromatic N) is 1. The van der Waals surface area contributed by atoms with Crippen molar-refractivity contribution in [3.63, 3.8) is 0 Å². The summed E-state index contributed by atoms with van der Waals surface area (Å²) in [4.78, 5) is 4.11. The summed E-state index contributed by atoms with van der Waals surface area (Å²) in [5.74, 6) is 0.817. The molecule has 1 aromatic rings. The molecule has 1 aromatic carbocycles. The van der Waals surface area contributed by atoms with Crippen LogP contribution in [0.4, 0.5) is 8.78 Å². The Kier molecular flexibility index (Phi) is 9.84. The van der Waals surface area contributed by atoms with Crippen molar-refractivity contribution < 1.29 is 13.5 Å². The number of benzene rings is 1. The van der Waals surface area contributed by atoms with Gasteiger partial charge in [-0.05, 0) is 24.1 Å². The van der Waals surface area contributed by atoms with Crippen molar-refractivity contribution in [1.82, 2.24) is 5.32 Å². The normalized spacial score (nSPS) is 11.5. The molecule has 0 aromatic heterocycles. The summed E-state index contributed by atoms with van der Waals surface area (Å²) >= 11 is 3.28. The molecule has 4 nitrogen and oxygen atoms in total. The van der Waals surface area contributed by atoms with Crippen LogP contribution in [0.2, 0.25) is 0 Å². The number of nitrogens with two attached hydrogens (primary N) is 1. The highest BCUT2D eigenvalue weighted by Gasteiger charge is 2.10. The number of rotatable bonds is 6. The number of hydrogen-bond donors (Lipinski definition) is 2. The van der Waals surface area contributed by atoms with Crippen molar-refractivity contribution >= 4 is 45.9 Å². The molecule has 0 aliphatic rings. The number of halogens is 4. The monoisotopic (exact) mass is 477 g/mol. The zero-order valence-electron chi connectivity index (χ0n) is 11.8. The molecule has 0 saturated carbocycles. The molecular formula is C13H19BrF2IN3O. The molecular weight excluding hydrogens is 459 g/mol. The first-order valence-corrected chi connectivity index (χ1v) is 6.94. The van der Waals surface area contributed by atoms with Gasteiger partial charge in [0.25, 0.3) is 0 Å². The van der Waals surface area contributed by atoms with Crippen LogP contribution in [-0.2, 0) is 6.54 Å². The molecule has 3 N–H and O–H groups in total. The quantitative estimate of drug-likeness (QED) is 0.373. The van der Waals surface area contributed by atoms with Gasteiger partial charge in [0.15, 0.2) is 5.96 Å². The standard InChI is InChI=1S/C13H18BrF2N3O.HI/c1-8(2)6-18-13(17)19-7-9-5-10(14)3-4-11(9)20-12(15)16;/h3-5,8,12H,6-7H2,1-2H3,(H3,17,18,19);1H. The number of ether oxygens (including phenoxy) is 1. The molecule has 0 atom stereocenters. The van der Waals surface area contributed by atoms with Gasteiger partial charge in [0.2, 0.25) is 0 Å². The summed E-state index contributed by atoms with van der Waals surface area (Å²) < 4.78 is 29.8. The van der Waals surface area contributed by atoms with Crippen molar-refractivity contribution in [3.05, 3.63) is 28.2 Å². The average Bonchev–Trinajstić information content (AvgIpc) is 2.36. The Bertz CT molecular complexity index is 473. The maximum atomic E-state index is 12.3. The lowest BCUT2D eigenvalue weighted by Crippen LogP contribution is -2.34. The second-order valence-corrected chi connectivity index (χ2v) is 5.52. The molecule has 1 rings (SSSR count). The lowest BCUT2D eigenvalue weighted by atomic mass is 10.2. The molecule has 0 aliphatic heterocycles. The van der Waals surface area contributed by atoms with Gasteiger partial charge in [0.05, 0.1) is 6.54 Å². The van der Waals surface area contributed by atoms with Gasteiger partial charge in [-0.1, -0.05) is 29.8 Å². The highest BCUT2D eigenvalue weighted by molar-refractivity contribution is 14.0. The largest absolute Gasteiger partial charge is 0.434 e. The summed E-state index contributed by atoms with van der Waals surface area (Å²) in [6, 6.07) is 4.78. The minimum absolute atomic E-state index is 0. The Hall–Kier alpha value is -0.640. The van der Waals surface area contributed by atoms with E-state index in [4.69, 9.17) is 5.73 Å². The van der Waals surface area contributed by atoms with Gasteiger partial charge in [-0.2, -0.15) is 8.78 Å². The second kappa shape index (κ2) is 10.1. The summed E-state index contributed by atoms with van der Waals surface area (Å²) in [6.45, 7) is 2.09. The van der Waals surface area contributed by atoms with E-state index in [1.165, 1.54) is 6.07 Å². The van der Waals surface area contributed by atoms with E-state index in [0.717, 1.165) is 4.47 Å². The average molecular weight is 478 g/mol. The molecule has 0 spiro atoms. The van der Waals surface area contributed by atoms with Crippen LogP contribution >= 0.6 is 39.9 Å². The molecule has 0 unspecified atom stereocenters.